The third kappa shape index (κ3) is 3.61. The van der Waals surface area contributed by atoms with E-state index in [2.05, 4.69) is 16.0 Å². The molecule has 4 aromatic rings. The van der Waals surface area contributed by atoms with E-state index >= 15 is 0 Å². The number of fused-ring (bicyclic) bond motifs is 1. The minimum absolute atomic E-state index is 0.0227. The molecule has 0 bridgehead atoms. The summed E-state index contributed by atoms with van der Waals surface area (Å²) in [4.78, 5) is 19.2. The highest BCUT2D eigenvalue weighted by atomic mass is 16.3. The van der Waals surface area contributed by atoms with E-state index in [0.717, 1.165) is 22.2 Å². The minimum Gasteiger partial charge on any atom is -0.457 e. The number of ketones is 1. The van der Waals surface area contributed by atoms with Gasteiger partial charge < -0.3 is 9.40 Å². The standard InChI is InChI=1S/C24H19N3O2/c1-14-10-21-22(11-15(14)2)27-24(26-21)19(13-25)12-20-8-9-23(29-20)18-6-4-17(5-7-18)16(3)28/h4-12H,1-3H3,(H,26,27). The van der Waals surface area contributed by atoms with Gasteiger partial charge in [-0.05, 0) is 56.2 Å². The van der Waals surface area contributed by atoms with Crippen LogP contribution in [0.3, 0.4) is 0 Å². The number of H-pyrrole nitrogens is 1. The molecule has 0 amide bonds. The average molecular weight is 381 g/mol. The molecule has 0 atom stereocenters. The lowest BCUT2D eigenvalue weighted by Gasteiger charge is -1.99. The molecular formula is C24H19N3O2. The van der Waals surface area contributed by atoms with E-state index in [0.29, 0.717) is 28.5 Å². The van der Waals surface area contributed by atoms with Crippen molar-refractivity contribution >= 4 is 28.5 Å². The molecule has 0 spiro atoms. The SMILES string of the molecule is CC(=O)c1ccc(-c2ccc(C=C(C#N)c3nc4cc(C)c(C)cc4[nH]3)o2)cc1. The number of carbonyl (C=O) groups is 1. The van der Waals surface area contributed by atoms with Gasteiger partial charge in [0.2, 0.25) is 0 Å². The van der Waals surface area contributed by atoms with Crippen molar-refractivity contribution in [1.82, 2.24) is 9.97 Å². The highest BCUT2D eigenvalue weighted by Gasteiger charge is 2.11. The number of aromatic nitrogens is 2. The van der Waals surface area contributed by atoms with E-state index in [4.69, 9.17) is 4.42 Å². The van der Waals surface area contributed by atoms with Crippen molar-refractivity contribution < 1.29 is 9.21 Å². The fourth-order valence-electron chi connectivity index (χ4n) is 3.15. The molecule has 0 saturated carbocycles. The van der Waals surface area contributed by atoms with Gasteiger partial charge in [-0.3, -0.25) is 4.79 Å². The van der Waals surface area contributed by atoms with Crippen molar-refractivity contribution in [3.05, 3.63) is 76.8 Å². The van der Waals surface area contributed by atoms with Crippen LogP contribution in [0.5, 0.6) is 0 Å². The summed E-state index contributed by atoms with van der Waals surface area (Å²) in [5.41, 5.74) is 5.96. The smallest absolute Gasteiger partial charge is 0.159 e. The Bertz CT molecular complexity index is 1260. The molecule has 1 N–H and O–H groups in total. The topological polar surface area (TPSA) is 82.7 Å². The van der Waals surface area contributed by atoms with E-state index in [1.807, 2.05) is 50.2 Å². The number of imidazole rings is 1. The molecule has 0 saturated heterocycles. The van der Waals surface area contributed by atoms with Gasteiger partial charge in [0.25, 0.3) is 0 Å². The molecule has 5 nitrogen and oxygen atoms in total. The Balaban J connectivity index is 1.66. The quantitative estimate of drug-likeness (QED) is 0.363. The van der Waals surface area contributed by atoms with Crippen LogP contribution in [0.25, 0.3) is 34.0 Å². The Morgan fingerprint density at radius 3 is 2.52 bits per heavy atom. The number of allylic oxidation sites excluding steroid dienone is 1. The van der Waals surface area contributed by atoms with Crippen LogP contribution < -0.4 is 0 Å². The predicted octanol–water partition coefficient (Wildman–Crippen LogP) is 5.71. The number of carbonyl (C=O) groups excluding carboxylic acids is 1. The van der Waals surface area contributed by atoms with Gasteiger partial charge in [-0.25, -0.2) is 4.98 Å². The summed E-state index contributed by atoms with van der Waals surface area (Å²) in [6.07, 6.45) is 1.67. The maximum atomic E-state index is 11.4. The lowest BCUT2D eigenvalue weighted by molar-refractivity contribution is 0.101. The maximum Gasteiger partial charge on any atom is 0.159 e. The summed E-state index contributed by atoms with van der Waals surface area (Å²) >= 11 is 0. The fraction of sp³-hybridized carbons (Fsp3) is 0.125. The summed E-state index contributed by atoms with van der Waals surface area (Å²) < 4.78 is 5.88. The number of nitrogens with one attached hydrogen (secondary N) is 1. The van der Waals surface area contributed by atoms with Gasteiger partial charge in [-0.2, -0.15) is 5.26 Å². The van der Waals surface area contributed by atoms with Gasteiger partial charge in [-0.15, -0.1) is 0 Å². The van der Waals surface area contributed by atoms with Gasteiger partial charge in [0.05, 0.1) is 16.6 Å². The largest absolute Gasteiger partial charge is 0.457 e. The van der Waals surface area contributed by atoms with E-state index in [9.17, 15) is 10.1 Å². The molecule has 0 aliphatic carbocycles. The van der Waals surface area contributed by atoms with Crippen molar-refractivity contribution in [3.63, 3.8) is 0 Å². The zero-order chi connectivity index (χ0) is 20.5. The summed E-state index contributed by atoms with van der Waals surface area (Å²) in [7, 11) is 0. The van der Waals surface area contributed by atoms with Crippen molar-refractivity contribution in [2.75, 3.05) is 0 Å². The van der Waals surface area contributed by atoms with E-state index in [1.54, 1.807) is 18.2 Å². The molecule has 142 valence electrons. The van der Waals surface area contributed by atoms with Gasteiger partial charge in [-0.1, -0.05) is 24.3 Å². The number of nitriles is 1. The normalized spacial score (nSPS) is 11.6. The van der Waals surface area contributed by atoms with Crippen LogP contribution in [-0.4, -0.2) is 15.8 Å². The van der Waals surface area contributed by atoms with Crippen LogP contribution in [-0.2, 0) is 0 Å². The van der Waals surface area contributed by atoms with Gasteiger partial charge in [0.1, 0.15) is 23.4 Å². The van der Waals surface area contributed by atoms with E-state index in [1.165, 1.54) is 12.5 Å². The second-order valence-electron chi connectivity index (χ2n) is 7.04. The van der Waals surface area contributed by atoms with Crippen molar-refractivity contribution in [2.45, 2.75) is 20.8 Å². The highest BCUT2D eigenvalue weighted by molar-refractivity contribution is 5.94. The molecule has 0 fully saturated rings. The monoisotopic (exact) mass is 381 g/mol. The number of hydrogen-bond donors (Lipinski definition) is 1. The van der Waals surface area contributed by atoms with E-state index < -0.39 is 0 Å². The molecule has 4 rings (SSSR count). The Morgan fingerprint density at radius 1 is 1.10 bits per heavy atom. The molecule has 2 heterocycles. The summed E-state index contributed by atoms with van der Waals surface area (Å²) in [5, 5.41) is 9.63. The first-order valence-electron chi connectivity index (χ1n) is 9.25. The fourth-order valence-corrected chi connectivity index (χ4v) is 3.15. The lowest BCUT2D eigenvalue weighted by Crippen LogP contribution is -1.90. The molecular weight excluding hydrogens is 362 g/mol. The molecule has 0 radical (unpaired) electrons. The number of aromatic amines is 1. The van der Waals surface area contributed by atoms with Crippen LogP contribution in [0.4, 0.5) is 0 Å². The number of hydrogen-bond acceptors (Lipinski definition) is 4. The van der Waals surface area contributed by atoms with Crippen LogP contribution >= 0.6 is 0 Å². The van der Waals surface area contributed by atoms with Crippen molar-refractivity contribution in [3.8, 4) is 17.4 Å². The Morgan fingerprint density at radius 2 is 1.83 bits per heavy atom. The van der Waals surface area contributed by atoms with Crippen LogP contribution in [0.15, 0.2) is 52.9 Å². The zero-order valence-corrected chi connectivity index (χ0v) is 16.4. The Hall–Kier alpha value is -3.91. The molecule has 2 aromatic heterocycles. The molecule has 5 heteroatoms. The molecule has 0 aliphatic rings. The van der Waals surface area contributed by atoms with Crippen LogP contribution in [0, 0.1) is 25.2 Å². The summed E-state index contributed by atoms with van der Waals surface area (Å²) in [5.74, 6) is 1.75. The third-order valence-corrected chi connectivity index (χ3v) is 4.96. The highest BCUT2D eigenvalue weighted by Crippen LogP contribution is 2.26. The molecule has 0 aliphatic heterocycles. The summed E-state index contributed by atoms with van der Waals surface area (Å²) in [6, 6.07) is 17.1. The molecule has 0 unspecified atom stereocenters. The lowest BCUT2D eigenvalue weighted by atomic mass is 10.1. The second-order valence-corrected chi connectivity index (χ2v) is 7.04. The number of aryl methyl sites for hydroxylation is 2. The third-order valence-electron chi connectivity index (χ3n) is 4.96. The number of furan rings is 1. The number of benzene rings is 2. The first-order chi connectivity index (χ1) is 13.9. The minimum atomic E-state index is 0.0227. The molecule has 2 aromatic carbocycles. The zero-order valence-electron chi connectivity index (χ0n) is 16.4. The summed E-state index contributed by atoms with van der Waals surface area (Å²) in [6.45, 7) is 5.62. The first kappa shape index (κ1) is 18.5. The van der Waals surface area contributed by atoms with Crippen LogP contribution in [0.1, 0.15) is 40.0 Å². The van der Waals surface area contributed by atoms with Crippen molar-refractivity contribution in [2.24, 2.45) is 0 Å². The van der Waals surface area contributed by atoms with Gasteiger partial charge >= 0.3 is 0 Å². The number of rotatable bonds is 4. The van der Waals surface area contributed by atoms with Crippen LogP contribution in [0.2, 0.25) is 0 Å². The van der Waals surface area contributed by atoms with Gasteiger partial charge in [0.15, 0.2) is 5.78 Å². The Kier molecular flexibility index (Phi) is 4.61. The number of nitrogens with zero attached hydrogens (tertiary/aromatic N) is 2. The average Bonchev–Trinajstić information content (AvgIpc) is 3.33. The maximum absolute atomic E-state index is 11.4. The van der Waals surface area contributed by atoms with E-state index in [-0.39, 0.29) is 5.78 Å². The first-order valence-corrected chi connectivity index (χ1v) is 9.25. The Labute approximate surface area is 168 Å². The molecule has 29 heavy (non-hydrogen) atoms. The predicted molar refractivity (Wildman–Crippen MR) is 113 cm³/mol. The van der Waals surface area contributed by atoms with Gasteiger partial charge in [0, 0.05) is 17.2 Å². The van der Waals surface area contributed by atoms with Crippen molar-refractivity contribution in [1.29, 1.82) is 5.26 Å². The number of Topliss-reactive ketones (excluding diaryl/α,β-unsaturated/α-hetero) is 1. The second kappa shape index (κ2) is 7.25.